The Morgan fingerprint density at radius 2 is 1.24 bits per heavy atom. The maximum absolute atomic E-state index is 15.1. The second kappa shape index (κ2) is 15.4. The van der Waals surface area contributed by atoms with Gasteiger partial charge in [-0.05, 0) is 75.5 Å². The number of rotatable bonds is 4. The molecule has 2 atom stereocenters. The quantitative estimate of drug-likeness (QED) is 0.236. The van der Waals surface area contributed by atoms with E-state index in [1.54, 1.807) is 75.9 Å². The summed E-state index contributed by atoms with van der Waals surface area (Å²) in [6, 6.07) is 9.00. The highest BCUT2D eigenvalue weighted by atomic mass is 19.3. The van der Waals surface area contributed by atoms with Gasteiger partial charge in [-0.3, -0.25) is 39.4 Å². The van der Waals surface area contributed by atoms with E-state index in [9.17, 15) is 32.8 Å². The van der Waals surface area contributed by atoms with Crippen LogP contribution in [-0.4, -0.2) is 111 Å². The van der Waals surface area contributed by atoms with E-state index in [4.69, 9.17) is 4.74 Å². The third kappa shape index (κ3) is 8.40. The van der Waals surface area contributed by atoms with Crippen molar-refractivity contribution in [3.8, 4) is 0 Å². The Morgan fingerprint density at radius 1 is 0.746 bits per heavy atom. The van der Waals surface area contributed by atoms with Crippen LogP contribution in [0.3, 0.4) is 0 Å². The number of likely N-dealkylation sites (tertiary alicyclic amines) is 1. The SMILES string of the molecule is Cn1nc(N2CCC(=O)NC2=O)c2ccc([C@@H]3CCN(C(=O)OC(C)(C)C)CC3(F)F)cc21.Cn1nc(N2CCC(=O)NC2=O)c2ccc([C@@H]3CCNCC3(F)F)cc21. The van der Waals surface area contributed by atoms with E-state index in [1.165, 1.54) is 14.5 Å². The van der Waals surface area contributed by atoms with Crippen molar-refractivity contribution in [2.45, 2.75) is 75.7 Å². The molecule has 316 valence electrons. The number of hydrogen-bond acceptors (Lipinski definition) is 9. The van der Waals surface area contributed by atoms with E-state index < -0.39 is 54.0 Å². The molecular weight excluding hydrogens is 780 g/mol. The van der Waals surface area contributed by atoms with E-state index in [-0.39, 0.29) is 57.3 Å². The molecule has 0 saturated carbocycles. The molecule has 3 N–H and O–H groups in total. The lowest BCUT2D eigenvalue weighted by molar-refractivity contribution is -0.121. The highest BCUT2D eigenvalue weighted by molar-refractivity contribution is 6.10. The number of urea groups is 2. The first-order chi connectivity index (χ1) is 27.7. The van der Waals surface area contributed by atoms with Crippen LogP contribution in [0.5, 0.6) is 0 Å². The van der Waals surface area contributed by atoms with Crippen molar-refractivity contribution in [2.24, 2.45) is 14.1 Å². The zero-order chi connectivity index (χ0) is 42.6. The molecule has 6 heterocycles. The van der Waals surface area contributed by atoms with Gasteiger partial charge in [0.2, 0.25) is 11.8 Å². The van der Waals surface area contributed by atoms with Crippen molar-refractivity contribution in [3.05, 3.63) is 47.5 Å². The van der Waals surface area contributed by atoms with Crippen LogP contribution in [0.2, 0.25) is 0 Å². The Hall–Kier alpha value is -5.79. The smallest absolute Gasteiger partial charge is 0.410 e. The fourth-order valence-electron chi connectivity index (χ4n) is 7.95. The zero-order valence-corrected chi connectivity index (χ0v) is 33.3. The van der Waals surface area contributed by atoms with E-state index in [2.05, 4.69) is 26.1 Å². The number of nitrogens with zero attached hydrogens (tertiary/aromatic N) is 7. The van der Waals surface area contributed by atoms with Crippen molar-refractivity contribution in [1.82, 2.24) is 40.4 Å². The molecule has 0 radical (unpaired) electrons. The molecule has 8 rings (SSSR count). The number of carbonyl (C=O) groups excluding carboxylic acids is 5. The summed E-state index contributed by atoms with van der Waals surface area (Å²) in [5.41, 5.74) is 1.51. The number of ether oxygens (including phenoxy) is 1. The molecule has 0 aliphatic carbocycles. The molecule has 4 aromatic rings. The van der Waals surface area contributed by atoms with Gasteiger partial charge in [0, 0.05) is 57.3 Å². The van der Waals surface area contributed by atoms with Crippen LogP contribution < -0.4 is 25.8 Å². The molecule has 0 unspecified atom stereocenters. The maximum Gasteiger partial charge on any atom is 0.410 e. The molecule has 2 aromatic heterocycles. The van der Waals surface area contributed by atoms with E-state index in [0.717, 1.165) is 4.90 Å². The van der Waals surface area contributed by atoms with Gasteiger partial charge in [0.15, 0.2) is 11.6 Å². The Morgan fingerprint density at radius 3 is 1.68 bits per heavy atom. The van der Waals surface area contributed by atoms with Gasteiger partial charge in [-0.2, -0.15) is 10.2 Å². The lowest BCUT2D eigenvalue weighted by Crippen LogP contribution is -2.50. The summed E-state index contributed by atoms with van der Waals surface area (Å²) in [6.07, 6.45) is 0.0533. The minimum absolute atomic E-state index is 0.0824. The van der Waals surface area contributed by atoms with Gasteiger partial charge in [-0.25, -0.2) is 31.9 Å². The van der Waals surface area contributed by atoms with Crippen LogP contribution in [0.15, 0.2) is 36.4 Å². The number of aromatic nitrogens is 4. The molecule has 4 saturated heterocycles. The molecule has 59 heavy (non-hydrogen) atoms. The summed E-state index contributed by atoms with van der Waals surface area (Å²) in [4.78, 5) is 63.2. The average Bonchev–Trinajstić information content (AvgIpc) is 3.65. The average molecular weight is 827 g/mol. The third-order valence-corrected chi connectivity index (χ3v) is 10.9. The molecule has 0 bridgehead atoms. The number of nitrogens with one attached hydrogen (secondary N) is 3. The summed E-state index contributed by atoms with van der Waals surface area (Å²) in [5.74, 6) is -7.73. The number of carbonyl (C=O) groups is 5. The Kier molecular flexibility index (Phi) is 10.8. The Balaban J connectivity index is 0.000000184. The van der Waals surface area contributed by atoms with Crippen molar-refractivity contribution < 1.29 is 46.3 Å². The normalized spacial score (nSPS) is 22.2. The summed E-state index contributed by atoms with van der Waals surface area (Å²) >= 11 is 0. The van der Waals surface area contributed by atoms with Crippen molar-refractivity contribution in [3.63, 3.8) is 0 Å². The first-order valence-electron chi connectivity index (χ1n) is 19.3. The van der Waals surface area contributed by atoms with Gasteiger partial charge in [-0.15, -0.1) is 0 Å². The number of hydrogen-bond donors (Lipinski definition) is 3. The number of anilines is 2. The number of benzene rings is 2. The van der Waals surface area contributed by atoms with E-state index in [1.807, 2.05) is 0 Å². The predicted octanol–water partition coefficient (Wildman–Crippen LogP) is 5.11. The topological polar surface area (TPSA) is 176 Å². The minimum Gasteiger partial charge on any atom is -0.444 e. The van der Waals surface area contributed by atoms with Gasteiger partial charge in [0.05, 0.1) is 36.0 Å². The van der Waals surface area contributed by atoms with Crippen LogP contribution in [0, 0.1) is 0 Å². The van der Waals surface area contributed by atoms with Crippen LogP contribution in [0.1, 0.15) is 69.4 Å². The molecular formula is C39H46F4N10O6. The van der Waals surface area contributed by atoms with Crippen molar-refractivity contribution in [1.29, 1.82) is 0 Å². The lowest BCUT2D eigenvalue weighted by atomic mass is 9.86. The minimum atomic E-state index is -3.14. The van der Waals surface area contributed by atoms with Gasteiger partial charge in [0.1, 0.15) is 5.60 Å². The Labute approximate surface area is 336 Å². The number of piperidine rings is 2. The first kappa shape index (κ1) is 41.4. The maximum atomic E-state index is 15.1. The summed E-state index contributed by atoms with van der Waals surface area (Å²) in [5, 5.41) is 17.4. The van der Waals surface area contributed by atoms with E-state index in [0.29, 0.717) is 57.5 Å². The number of amides is 7. The van der Waals surface area contributed by atoms with Gasteiger partial charge < -0.3 is 15.0 Å². The predicted molar refractivity (Wildman–Crippen MR) is 208 cm³/mol. The number of imide groups is 2. The largest absolute Gasteiger partial charge is 0.444 e. The summed E-state index contributed by atoms with van der Waals surface area (Å²) in [7, 11) is 3.38. The van der Waals surface area contributed by atoms with Crippen LogP contribution in [0.25, 0.3) is 21.8 Å². The van der Waals surface area contributed by atoms with Gasteiger partial charge in [0.25, 0.3) is 11.8 Å². The third-order valence-electron chi connectivity index (χ3n) is 10.9. The molecule has 4 aliphatic rings. The highest BCUT2D eigenvalue weighted by Gasteiger charge is 2.48. The standard InChI is InChI=1S/C22H27F2N5O4.C17H19F2N5O2/c1-21(2,3)33-20(32)28-9-7-15(22(23,24)12-28)13-5-6-14-16(11-13)27(4)26-18(14)29-10-8-17(30)25-19(29)31;1-23-13-8-10(12-4-6-20-9-17(12,18)19)2-3-11(13)15(22-23)24-7-5-14(25)21-16(24)26/h5-6,11,15H,7-10,12H2,1-4H3,(H,25,30,31);2-3,8,12,20H,4-7,9H2,1H3,(H,21,25,26)/t15-;12-/m00/s1. The fraction of sp³-hybridized carbons (Fsp3) is 0.513. The summed E-state index contributed by atoms with van der Waals surface area (Å²) in [6.45, 7) is 5.18. The Bertz CT molecular complexity index is 2340. The second-order valence-electron chi connectivity index (χ2n) is 16.2. The summed E-state index contributed by atoms with van der Waals surface area (Å²) < 4.78 is 67.1. The number of alkyl halides is 4. The molecule has 7 amide bonds. The molecule has 16 nitrogen and oxygen atoms in total. The van der Waals surface area contributed by atoms with Gasteiger partial charge in [-0.1, -0.05) is 12.1 Å². The van der Waals surface area contributed by atoms with Crippen LogP contribution in [-0.2, 0) is 28.4 Å². The second-order valence-corrected chi connectivity index (χ2v) is 16.2. The molecule has 4 aliphatic heterocycles. The highest BCUT2D eigenvalue weighted by Crippen LogP contribution is 2.43. The lowest BCUT2D eigenvalue weighted by Gasteiger charge is -2.39. The van der Waals surface area contributed by atoms with Crippen molar-refractivity contribution >= 4 is 63.4 Å². The fourth-order valence-corrected chi connectivity index (χ4v) is 7.95. The molecule has 20 heteroatoms. The monoisotopic (exact) mass is 826 g/mol. The first-order valence-corrected chi connectivity index (χ1v) is 19.3. The van der Waals surface area contributed by atoms with Crippen LogP contribution >= 0.6 is 0 Å². The van der Waals surface area contributed by atoms with E-state index >= 15 is 8.78 Å². The molecule has 2 aromatic carbocycles. The molecule has 4 fully saturated rings. The number of aryl methyl sites for hydroxylation is 2. The van der Waals surface area contributed by atoms with Gasteiger partial charge >= 0.3 is 18.2 Å². The number of fused-ring (bicyclic) bond motifs is 2. The molecule has 0 spiro atoms. The number of halogens is 4. The zero-order valence-electron chi connectivity index (χ0n) is 33.3. The van der Waals surface area contributed by atoms with Crippen molar-refractivity contribution in [2.75, 3.05) is 49.1 Å². The van der Waals surface area contributed by atoms with Crippen LogP contribution in [0.4, 0.5) is 43.6 Å².